The molecule has 0 unspecified atom stereocenters. The van der Waals surface area contributed by atoms with Crippen LogP contribution in [0.25, 0.3) is 5.57 Å². The minimum absolute atomic E-state index is 0.549. The second-order valence-electron chi connectivity index (χ2n) is 7.16. The maximum Gasteiger partial charge on any atom is 0.737 e. The molecule has 0 atom stereocenters. The highest BCUT2D eigenvalue weighted by atomic mass is 79.9. The Balaban J connectivity index is 2.24. The molecule has 2 aliphatic heterocycles. The van der Waals surface area contributed by atoms with Gasteiger partial charge in [-0.15, -0.1) is 0 Å². The predicted octanol–water partition coefficient (Wildman–Crippen LogP) is 5.31. The predicted molar refractivity (Wildman–Crippen MR) is 109 cm³/mol. The fourth-order valence-electron chi connectivity index (χ4n) is 4.45. The minimum atomic E-state index is -3.97. The molecule has 2 aliphatic rings. The first-order chi connectivity index (χ1) is 12.7. The molecule has 1 aromatic carbocycles. The summed E-state index contributed by atoms with van der Waals surface area (Å²) < 4.78 is 40.1. The van der Waals surface area contributed by atoms with Crippen LogP contribution in [0.15, 0.2) is 46.1 Å². The van der Waals surface area contributed by atoms with E-state index >= 15 is 8.63 Å². The summed E-state index contributed by atoms with van der Waals surface area (Å²) in [7, 11) is 1.60. The Kier molecular flexibility index (Phi) is 4.00. The molecule has 4 rings (SSSR count). The number of hydrogen-bond acceptors (Lipinski definition) is 1. The first-order valence-electron chi connectivity index (χ1n) is 8.80. The summed E-state index contributed by atoms with van der Waals surface area (Å²) in [5, 5.41) is 0. The molecule has 0 amide bonds. The third-order valence-electron chi connectivity index (χ3n) is 5.38. The molecule has 0 spiro atoms. The molecule has 2 aromatic rings. The molecule has 0 saturated carbocycles. The van der Waals surface area contributed by atoms with Crippen LogP contribution in [-0.2, 0) is 0 Å². The van der Waals surface area contributed by atoms with Gasteiger partial charge in [-0.2, -0.15) is 0 Å². The molecule has 0 saturated heterocycles. The molecule has 0 bridgehead atoms. The highest BCUT2D eigenvalue weighted by molar-refractivity contribution is 9.10. The van der Waals surface area contributed by atoms with E-state index in [1.165, 1.54) is 8.96 Å². The van der Waals surface area contributed by atoms with Crippen molar-refractivity contribution in [2.24, 2.45) is 0 Å². The second kappa shape index (κ2) is 5.93. The third-order valence-corrected chi connectivity index (χ3v) is 6.04. The molecular formula is C20H20BBrF2N2O. The third kappa shape index (κ3) is 2.33. The smallest absolute Gasteiger partial charge is 0.496 e. The van der Waals surface area contributed by atoms with E-state index in [0.717, 1.165) is 26.7 Å². The van der Waals surface area contributed by atoms with Crippen LogP contribution in [0.5, 0.6) is 5.75 Å². The van der Waals surface area contributed by atoms with Gasteiger partial charge in [0.05, 0.1) is 12.7 Å². The van der Waals surface area contributed by atoms with Crippen LogP contribution < -0.4 is 4.74 Å². The van der Waals surface area contributed by atoms with E-state index in [4.69, 9.17) is 4.74 Å². The Morgan fingerprint density at radius 1 is 1.15 bits per heavy atom. The molecule has 1 aromatic heterocycles. The quantitative estimate of drug-likeness (QED) is 0.588. The number of allylic oxidation sites excluding steroid dienone is 2. The van der Waals surface area contributed by atoms with Gasteiger partial charge in [-0.05, 0) is 50.2 Å². The standard InChI is InChI=1S/C20H20BBrF2N2O/c1-11-9-13(3)25-19(11)18(17-15(22)7-6-8-16(17)27-5)20-12(2)10-14(4)26(20)21(25,23)24/h6-10H,1-5H3. The maximum absolute atomic E-state index is 15.6. The fourth-order valence-corrected chi connectivity index (χ4v) is 5.00. The first kappa shape index (κ1) is 18.2. The van der Waals surface area contributed by atoms with Crippen molar-refractivity contribution in [3.8, 4) is 5.75 Å². The minimum Gasteiger partial charge on any atom is -0.496 e. The molecule has 0 N–H and O–H groups in total. The molecule has 3 heterocycles. The van der Waals surface area contributed by atoms with Crippen molar-refractivity contribution in [2.45, 2.75) is 27.7 Å². The van der Waals surface area contributed by atoms with Gasteiger partial charge in [-0.1, -0.05) is 22.0 Å². The first-order valence-corrected chi connectivity index (χ1v) is 9.59. The van der Waals surface area contributed by atoms with Gasteiger partial charge in [0, 0.05) is 34.3 Å². The summed E-state index contributed by atoms with van der Waals surface area (Å²) in [6.07, 6.45) is 1.82. The van der Waals surface area contributed by atoms with Gasteiger partial charge < -0.3 is 22.3 Å². The van der Waals surface area contributed by atoms with Crippen LogP contribution in [-0.4, -0.2) is 28.8 Å². The van der Waals surface area contributed by atoms with Gasteiger partial charge in [0.15, 0.2) is 5.70 Å². The van der Waals surface area contributed by atoms with Gasteiger partial charge in [-0.3, -0.25) is 0 Å². The van der Waals surface area contributed by atoms with Gasteiger partial charge in [0.2, 0.25) is 0 Å². The number of fused-ring (bicyclic) bond motifs is 2. The van der Waals surface area contributed by atoms with Crippen LogP contribution in [0.3, 0.4) is 0 Å². The molecule has 140 valence electrons. The summed E-state index contributed by atoms with van der Waals surface area (Å²) >= 11 is 3.62. The number of halogens is 3. The van der Waals surface area contributed by atoms with Crippen molar-refractivity contribution in [2.75, 3.05) is 7.11 Å². The van der Waals surface area contributed by atoms with Gasteiger partial charge >= 0.3 is 6.97 Å². The number of benzene rings is 1. The Labute approximate surface area is 165 Å². The SMILES string of the molecule is COc1cccc(Br)c1C1=C2C(C)=CC(C)=[N+]2[B-](F)(F)n2c(C)cc(C)c21. The second-order valence-corrected chi connectivity index (χ2v) is 8.01. The summed E-state index contributed by atoms with van der Waals surface area (Å²) in [4.78, 5) is 0. The largest absolute Gasteiger partial charge is 0.737 e. The lowest BCUT2D eigenvalue weighted by Crippen LogP contribution is -2.51. The van der Waals surface area contributed by atoms with E-state index in [2.05, 4.69) is 15.9 Å². The number of nitrogens with zero attached hydrogens (tertiary/aromatic N) is 2. The molecule has 0 aliphatic carbocycles. The van der Waals surface area contributed by atoms with E-state index in [-0.39, 0.29) is 0 Å². The summed E-state index contributed by atoms with van der Waals surface area (Å²) in [6.45, 7) is 3.26. The number of aromatic nitrogens is 1. The van der Waals surface area contributed by atoms with Crippen LogP contribution in [0.2, 0.25) is 0 Å². The Hall–Kier alpha value is -2.15. The fraction of sp³-hybridized carbons (Fsp3) is 0.250. The summed E-state index contributed by atoms with van der Waals surface area (Å²) in [5.74, 6) is 0.645. The number of ether oxygens (including phenoxy) is 1. The van der Waals surface area contributed by atoms with Crippen LogP contribution in [0.1, 0.15) is 36.4 Å². The van der Waals surface area contributed by atoms with Crippen molar-refractivity contribution in [3.05, 3.63) is 68.6 Å². The average molecular weight is 433 g/mol. The molecule has 27 heavy (non-hydrogen) atoms. The van der Waals surface area contributed by atoms with E-state index in [1.54, 1.807) is 21.0 Å². The van der Waals surface area contributed by atoms with Gasteiger partial charge in [-0.25, -0.2) is 0 Å². The zero-order valence-corrected chi connectivity index (χ0v) is 17.5. The topological polar surface area (TPSA) is 17.2 Å². The van der Waals surface area contributed by atoms with Crippen LogP contribution in [0, 0.1) is 13.8 Å². The lowest BCUT2D eigenvalue weighted by Gasteiger charge is -2.34. The highest BCUT2D eigenvalue weighted by Crippen LogP contribution is 2.47. The number of methoxy groups -OCH3 is 1. The lowest BCUT2D eigenvalue weighted by atomic mass is 9.83. The summed E-state index contributed by atoms with van der Waals surface area (Å²) in [5.41, 5.74) is 5.41. The molecule has 0 fully saturated rings. The van der Waals surface area contributed by atoms with E-state index in [0.29, 0.717) is 28.5 Å². The molecule has 7 heteroatoms. The van der Waals surface area contributed by atoms with E-state index in [9.17, 15) is 0 Å². The van der Waals surface area contributed by atoms with Crippen molar-refractivity contribution in [3.63, 3.8) is 0 Å². The summed E-state index contributed by atoms with van der Waals surface area (Å²) in [6, 6.07) is 7.47. The maximum atomic E-state index is 15.6. The molecular weight excluding hydrogens is 413 g/mol. The van der Waals surface area contributed by atoms with Gasteiger partial charge in [0.1, 0.15) is 11.5 Å². The van der Waals surface area contributed by atoms with Crippen molar-refractivity contribution in [1.82, 2.24) is 4.48 Å². The lowest BCUT2D eigenvalue weighted by molar-refractivity contribution is -0.363. The Morgan fingerprint density at radius 3 is 2.52 bits per heavy atom. The normalized spacial score (nSPS) is 17.9. The Morgan fingerprint density at radius 2 is 1.85 bits per heavy atom. The highest BCUT2D eigenvalue weighted by Gasteiger charge is 2.55. The van der Waals surface area contributed by atoms with E-state index < -0.39 is 6.97 Å². The van der Waals surface area contributed by atoms with Crippen molar-refractivity contribution >= 4 is 34.2 Å². The number of aryl methyl sites for hydroxylation is 2. The molecule has 3 nitrogen and oxygen atoms in total. The van der Waals surface area contributed by atoms with E-state index in [1.807, 2.05) is 44.2 Å². The average Bonchev–Trinajstić information content (AvgIpc) is 3.06. The number of hydrogen-bond donors (Lipinski definition) is 0. The molecule has 0 radical (unpaired) electrons. The van der Waals surface area contributed by atoms with Gasteiger partial charge in [0.25, 0.3) is 0 Å². The monoisotopic (exact) mass is 432 g/mol. The zero-order chi connectivity index (χ0) is 19.7. The van der Waals surface area contributed by atoms with Crippen LogP contribution >= 0.6 is 15.9 Å². The Bertz CT molecular complexity index is 1100. The van der Waals surface area contributed by atoms with Crippen molar-refractivity contribution in [1.29, 1.82) is 0 Å². The number of rotatable bonds is 2. The zero-order valence-electron chi connectivity index (χ0n) is 15.9. The van der Waals surface area contributed by atoms with Crippen molar-refractivity contribution < 1.29 is 17.9 Å². The van der Waals surface area contributed by atoms with Crippen LogP contribution in [0.4, 0.5) is 8.63 Å².